The SMILES string of the molecule is CNC(=O)CCN(C)c1ccc(CNC2CC2)cc1F. The summed E-state index contributed by atoms with van der Waals surface area (Å²) >= 11 is 0. The molecule has 0 spiro atoms. The van der Waals surface area contributed by atoms with E-state index in [-0.39, 0.29) is 11.7 Å². The normalized spacial score (nSPS) is 14.2. The van der Waals surface area contributed by atoms with Crippen LogP contribution >= 0.6 is 0 Å². The number of hydrogen-bond acceptors (Lipinski definition) is 3. The average molecular weight is 279 g/mol. The predicted octanol–water partition coefficient (Wildman–Crippen LogP) is 1.65. The molecule has 5 heteroatoms. The van der Waals surface area contributed by atoms with E-state index in [4.69, 9.17) is 0 Å². The number of carbonyl (C=O) groups excluding carboxylic acids is 1. The van der Waals surface area contributed by atoms with Gasteiger partial charge < -0.3 is 15.5 Å². The Hall–Kier alpha value is -1.62. The first-order chi connectivity index (χ1) is 9.60. The molecule has 4 nitrogen and oxygen atoms in total. The maximum atomic E-state index is 14.1. The van der Waals surface area contributed by atoms with Gasteiger partial charge in [0.25, 0.3) is 0 Å². The van der Waals surface area contributed by atoms with Crippen molar-refractivity contribution in [3.05, 3.63) is 29.6 Å². The summed E-state index contributed by atoms with van der Waals surface area (Å²) in [4.78, 5) is 13.0. The molecule has 0 bridgehead atoms. The molecule has 20 heavy (non-hydrogen) atoms. The number of anilines is 1. The van der Waals surface area contributed by atoms with Crippen molar-refractivity contribution in [1.82, 2.24) is 10.6 Å². The molecule has 0 atom stereocenters. The summed E-state index contributed by atoms with van der Waals surface area (Å²) in [5.74, 6) is -0.276. The lowest BCUT2D eigenvalue weighted by Gasteiger charge is -2.20. The Bertz CT molecular complexity index is 474. The van der Waals surface area contributed by atoms with Crippen LogP contribution in [0.15, 0.2) is 18.2 Å². The van der Waals surface area contributed by atoms with Gasteiger partial charge >= 0.3 is 0 Å². The molecule has 1 amide bonds. The highest BCUT2D eigenvalue weighted by Gasteiger charge is 2.20. The standard InChI is InChI=1S/C15H22FN3O/c1-17-15(20)7-8-19(2)14-6-3-11(9-13(14)16)10-18-12-4-5-12/h3,6,9,12,18H,4-5,7-8,10H2,1-2H3,(H,17,20). The van der Waals surface area contributed by atoms with Crippen molar-refractivity contribution in [2.75, 3.05) is 25.5 Å². The lowest BCUT2D eigenvalue weighted by molar-refractivity contribution is -0.120. The third-order valence-corrected chi connectivity index (χ3v) is 3.55. The molecule has 1 saturated carbocycles. The molecule has 1 aliphatic rings. The third-order valence-electron chi connectivity index (χ3n) is 3.55. The topological polar surface area (TPSA) is 44.4 Å². The zero-order valence-electron chi connectivity index (χ0n) is 12.1. The molecule has 0 aromatic heterocycles. The Morgan fingerprint density at radius 3 is 2.80 bits per heavy atom. The van der Waals surface area contributed by atoms with E-state index >= 15 is 0 Å². The molecule has 0 aliphatic heterocycles. The van der Waals surface area contributed by atoms with E-state index in [0.717, 1.165) is 5.56 Å². The van der Waals surface area contributed by atoms with E-state index in [0.29, 0.717) is 31.2 Å². The van der Waals surface area contributed by atoms with E-state index in [1.807, 2.05) is 6.07 Å². The molecule has 0 unspecified atom stereocenters. The summed E-state index contributed by atoms with van der Waals surface area (Å²) in [6, 6.07) is 5.90. The van der Waals surface area contributed by atoms with E-state index in [2.05, 4.69) is 10.6 Å². The number of nitrogens with one attached hydrogen (secondary N) is 2. The number of rotatable bonds is 7. The molecule has 1 aromatic carbocycles. The maximum absolute atomic E-state index is 14.1. The van der Waals surface area contributed by atoms with Crippen molar-refractivity contribution in [2.24, 2.45) is 0 Å². The monoisotopic (exact) mass is 279 g/mol. The second-order valence-corrected chi connectivity index (χ2v) is 5.29. The van der Waals surface area contributed by atoms with Gasteiger partial charge in [-0.25, -0.2) is 4.39 Å². The first kappa shape index (κ1) is 14.8. The summed E-state index contributed by atoms with van der Waals surface area (Å²) < 4.78 is 14.1. The molecule has 2 rings (SSSR count). The van der Waals surface area contributed by atoms with Crippen LogP contribution in [0.25, 0.3) is 0 Å². The molecular weight excluding hydrogens is 257 g/mol. The summed E-state index contributed by atoms with van der Waals surface area (Å²) in [7, 11) is 3.40. The number of benzene rings is 1. The van der Waals surface area contributed by atoms with Gasteiger partial charge in [0.2, 0.25) is 5.91 Å². The number of hydrogen-bond donors (Lipinski definition) is 2. The molecule has 2 N–H and O–H groups in total. The quantitative estimate of drug-likeness (QED) is 0.797. The minimum atomic E-state index is -0.237. The predicted molar refractivity (Wildman–Crippen MR) is 78.2 cm³/mol. The Morgan fingerprint density at radius 1 is 1.45 bits per heavy atom. The lowest BCUT2D eigenvalue weighted by Crippen LogP contribution is -2.27. The summed E-state index contributed by atoms with van der Waals surface area (Å²) in [5.41, 5.74) is 1.49. The minimum absolute atomic E-state index is 0.0393. The van der Waals surface area contributed by atoms with Crippen LogP contribution in [0.1, 0.15) is 24.8 Å². The van der Waals surface area contributed by atoms with E-state index < -0.39 is 0 Å². The first-order valence-corrected chi connectivity index (χ1v) is 7.03. The highest BCUT2D eigenvalue weighted by molar-refractivity contribution is 5.76. The van der Waals surface area contributed by atoms with Gasteiger partial charge in [0.05, 0.1) is 5.69 Å². The fourth-order valence-electron chi connectivity index (χ4n) is 2.03. The van der Waals surface area contributed by atoms with E-state index in [1.165, 1.54) is 12.8 Å². The van der Waals surface area contributed by atoms with Gasteiger partial charge in [-0.05, 0) is 30.5 Å². The van der Waals surface area contributed by atoms with Crippen LogP contribution in [-0.2, 0) is 11.3 Å². The molecule has 0 heterocycles. The van der Waals surface area contributed by atoms with E-state index in [1.54, 1.807) is 31.1 Å². The fourth-order valence-corrected chi connectivity index (χ4v) is 2.03. The van der Waals surface area contributed by atoms with Crippen LogP contribution < -0.4 is 15.5 Å². The van der Waals surface area contributed by atoms with Gasteiger partial charge in [0.15, 0.2) is 0 Å². The summed E-state index contributed by atoms with van der Waals surface area (Å²) in [6.07, 6.45) is 2.81. The van der Waals surface area contributed by atoms with Gasteiger partial charge in [-0.2, -0.15) is 0 Å². The Balaban J connectivity index is 1.91. The molecule has 0 saturated heterocycles. The van der Waals surface area contributed by atoms with Crippen molar-refractivity contribution in [3.63, 3.8) is 0 Å². The Morgan fingerprint density at radius 2 is 2.20 bits per heavy atom. The third kappa shape index (κ3) is 4.20. The summed E-state index contributed by atoms with van der Waals surface area (Å²) in [6.45, 7) is 1.21. The van der Waals surface area contributed by atoms with E-state index in [9.17, 15) is 9.18 Å². The second kappa shape index (κ2) is 6.70. The van der Waals surface area contributed by atoms with Crippen LogP contribution in [0.2, 0.25) is 0 Å². The molecule has 1 fully saturated rings. The number of carbonyl (C=O) groups is 1. The van der Waals surface area contributed by atoms with Gasteiger partial charge in [-0.15, -0.1) is 0 Å². The van der Waals surface area contributed by atoms with Gasteiger partial charge in [0.1, 0.15) is 5.82 Å². The van der Waals surface area contributed by atoms with Crippen molar-refractivity contribution in [2.45, 2.75) is 31.8 Å². The molecule has 1 aliphatic carbocycles. The zero-order valence-corrected chi connectivity index (χ0v) is 12.1. The first-order valence-electron chi connectivity index (χ1n) is 7.03. The smallest absolute Gasteiger partial charge is 0.221 e. The van der Waals surface area contributed by atoms with Gasteiger partial charge in [0, 0.05) is 39.6 Å². The molecular formula is C15H22FN3O. The molecule has 0 radical (unpaired) electrons. The number of nitrogens with zero attached hydrogens (tertiary/aromatic N) is 1. The number of amides is 1. The van der Waals surface area contributed by atoms with Crippen LogP contribution in [0.3, 0.4) is 0 Å². The van der Waals surface area contributed by atoms with Crippen LogP contribution in [0.5, 0.6) is 0 Å². The van der Waals surface area contributed by atoms with Crippen molar-refractivity contribution in [1.29, 1.82) is 0 Å². The second-order valence-electron chi connectivity index (χ2n) is 5.29. The summed E-state index contributed by atoms with van der Waals surface area (Å²) in [5, 5.41) is 5.92. The maximum Gasteiger partial charge on any atom is 0.221 e. The number of halogens is 1. The van der Waals surface area contributed by atoms with Crippen LogP contribution in [-0.4, -0.2) is 32.6 Å². The zero-order chi connectivity index (χ0) is 14.5. The Kier molecular flexibility index (Phi) is 4.95. The average Bonchev–Trinajstić information content (AvgIpc) is 3.26. The Labute approximate surface area is 119 Å². The van der Waals surface area contributed by atoms with Crippen molar-refractivity contribution < 1.29 is 9.18 Å². The largest absolute Gasteiger partial charge is 0.372 e. The lowest BCUT2D eigenvalue weighted by atomic mass is 10.1. The van der Waals surface area contributed by atoms with Crippen molar-refractivity contribution >= 4 is 11.6 Å². The van der Waals surface area contributed by atoms with Crippen LogP contribution in [0, 0.1) is 5.82 Å². The highest BCUT2D eigenvalue weighted by Crippen LogP contribution is 2.22. The minimum Gasteiger partial charge on any atom is -0.372 e. The van der Waals surface area contributed by atoms with Gasteiger partial charge in [-0.3, -0.25) is 4.79 Å². The van der Waals surface area contributed by atoms with Crippen molar-refractivity contribution in [3.8, 4) is 0 Å². The highest BCUT2D eigenvalue weighted by atomic mass is 19.1. The molecule has 1 aromatic rings. The fraction of sp³-hybridized carbons (Fsp3) is 0.533. The van der Waals surface area contributed by atoms with Crippen LogP contribution in [0.4, 0.5) is 10.1 Å². The molecule has 110 valence electrons. The van der Waals surface area contributed by atoms with Gasteiger partial charge in [-0.1, -0.05) is 6.07 Å².